The molecule has 166 valence electrons. The molecule has 0 unspecified atom stereocenters. The average Bonchev–Trinajstić information content (AvgIpc) is 2.77. The summed E-state index contributed by atoms with van der Waals surface area (Å²) in [6, 6.07) is 16.3. The number of carbonyl (C=O) groups is 3. The Morgan fingerprint density at radius 3 is 2.52 bits per heavy atom. The number of halogens is 3. The van der Waals surface area contributed by atoms with Crippen LogP contribution in [0.15, 0.2) is 76.8 Å². The predicted octanol–water partition coefficient (Wildman–Crippen LogP) is 5.49. The summed E-state index contributed by atoms with van der Waals surface area (Å²) >= 11 is 9.28. The van der Waals surface area contributed by atoms with Crippen LogP contribution in [0.4, 0.5) is 14.9 Å². The van der Waals surface area contributed by atoms with Crippen LogP contribution in [0.1, 0.15) is 11.1 Å². The number of barbiturate groups is 1. The number of anilines is 1. The van der Waals surface area contributed by atoms with Gasteiger partial charge < -0.3 is 4.74 Å². The van der Waals surface area contributed by atoms with Crippen LogP contribution >= 0.6 is 27.5 Å². The minimum absolute atomic E-state index is 0.00403. The second-order valence-corrected chi connectivity index (χ2v) is 8.39. The van der Waals surface area contributed by atoms with Crippen molar-refractivity contribution in [2.24, 2.45) is 0 Å². The highest BCUT2D eigenvalue weighted by Gasteiger charge is 2.37. The molecule has 0 aromatic heterocycles. The Hall–Kier alpha value is -3.49. The summed E-state index contributed by atoms with van der Waals surface area (Å²) in [6.07, 6.45) is 1.33. The van der Waals surface area contributed by atoms with Crippen molar-refractivity contribution in [1.82, 2.24) is 5.32 Å². The zero-order valence-electron chi connectivity index (χ0n) is 16.8. The van der Waals surface area contributed by atoms with E-state index in [4.69, 9.17) is 16.3 Å². The summed E-state index contributed by atoms with van der Waals surface area (Å²) in [4.78, 5) is 38.6. The lowest BCUT2D eigenvalue weighted by molar-refractivity contribution is -0.122. The zero-order valence-corrected chi connectivity index (χ0v) is 19.2. The predicted molar refractivity (Wildman–Crippen MR) is 125 cm³/mol. The molecule has 4 rings (SSSR count). The Bertz CT molecular complexity index is 1290. The number of imide groups is 2. The molecule has 1 aliphatic heterocycles. The van der Waals surface area contributed by atoms with Gasteiger partial charge in [-0.3, -0.25) is 14.9 Å². The molecule has 3 aromatic carbocycles. The second-order valence-electron chi connectivity index (χ2n) is 7.04. The molecule has 33 heavy (non-hydrogen) atoms. The first-order valence-corrected chi connectivity index (χ1v) is 10.8. The lowest BCUT2D eigenvalue weighted by Crippen LogP contribution is -2.54. The minimum atomic E-state index is -0.957. The maximum absolute atomic E-state index is 13.7. The molecular formula is C24H15BrClFN2O4. The van der Waals surface area contributed by atoms with E-state index in [2.05, 4.69) is 21.2 Å². The normalized spacial score (nSPS) is 15.1. The quantitative estimate of drug-likeness (QED) is 0.350. The van der Waals surface area contributed by atoms with Gasteiger partial charge in [-0.2, -0.15) is 0 Å². The van der Waals surface area contributed by atoms with Gasteiger partial charge in [-0.1, -0.05) is 45.7 Å². The second kappa shape index (κ2) is 9.56. The van der Waals surface area contributed by atoms with Crippen LogP contribution in [0.25, 0.3) is 6.08 Å². The van der Waals surface area contributed by atoms with Crippen molar-refractivity contribution in [2.75, 3.05) is 4.90 Å². The number of ether oxygens (including phenoxy) is 1. The van der Waals surface area contributed by atoms with Gasteiger partial charge in [0.15, 0.2) is 0 Å². The van der Waals surface area contributed by atoms with Crippen molar-refractivity contribution in [3.05, 3.63) is 98.7 Å². The van der Waals surface area contributed by atoms with Gasteiger partial charge in [0.2, 0.25) is 0 Å². The topological polar surface area (TPSA) is 75.7 Å². The first-order chi connectivity index (χ1) is 15.8. The fourth-order valence-corrected chi connectivity index (χ4v) is 3.67. The van der Waals surface area contributed by atoms with Crippen LogP contribution in [0, 0.1) is 5.82 Å². The molecule has 1 fully saturated rings. The highest BCUT2D eigenvalue weighted by molar-refractivity contribution is 9.10. The lowest BCUT2D eigenvalue weighted by Gasteiger charge is -2.26. The van der Waals surface area contributed by atoms with Crippen molar-refractivity contribution in [3.63, 3.8) is 0 Å². The largest absolute Gasteiger partial charge is 0.488 e. The summed E-state index contributed by atoms with van der Waals surface area (Å²) in [6.45, 7) is 0.225. The molecule has 0 spiro atoms. The maximum Gasteiger partial charge on any atom is 0.335 e. The Labute approximate surface area is 201 Å². The molecule has 0 atom stereocenters. The Balaban J connectivity index is 1.67. The van der Waals surface area contributed by atoms with Gasteiger partial charge in [-0.05, 0) is 60.2 Å². The van der Waals surface area contributed by atoms with Crippen LogP contribution in [0.5, 0.6) is 5.75 Å². The van der Waals surface area contributed by atoms with Crippen LogP contribution in [0.3, 0.4) is 0 Å². The number of benzene rings is 3. The first kappa shape index (κ1) is 22.7. The molecule has 6 nitrogen and oxygen atoms in total. The van der Waals surface area contributed by atoms with E-state index in [-0.39, 0.29) is 17.9 Å². The summed E-state index contributed by atoms with van der Waals surface area (Å²) in [5.74, 6) is -1.95. The zero-order chi connectivity index (χ0) is 23.5. The third-order valence-corrected chi connectivity index (χ3v) is 5.49. The van der Waals surface area contributed by atoms with Gasteiger partial charge in [0, 0.05) is 15.1 Å². The number of hydrogen-bond acceptors (Lipinski definition) is 4. The molecule has 0 radical (unpaired) electrons. The molecule has 1 heterocycles. The maximum atomic E-state index is 13.7. The van der Waals surface area contributed by atoms with Gasteiger partial charge in [0.1, 0.15) is 23.7 Å². The smallest absolute Gasteiger partial charge is 0.335 e. The number of rotatable bonds is 5. The molecule has 4 amide bonds. The number of amides is 4. The van der Waals surface area contributed by atoms with E-state index in [0.29, 0.717) is 25.7 Å². The van der Waals surface area contributed by atoms with Crippen molar-refractivity contribution in [3.8, 4) is 5.75 Å². The lowest BCUT2D eigenvalue weighted by atomic mass is 10.1. The van der Waals surface area contributed by atoms with E-state index >= 15 is 0 Å². The SMILES string of the molecule is O=C1NC(=O)N(c2cccc(F)c2)C(=O)/C1=C/c1cc(Br)ccc1OCc1ccc(Cl)cc1. The number of carbonyl (C=O) groups excluding carboxylic acids is 3. The Kier molecular flexibility index (Phi) is 6.57. The van der Waals surface area contributed by atoms with Crippen LogP contribution in [0.2, 0.25) is 5.02 Å². The van der Waals surface area contributed by atoms with E-state index in [0.717, 1.165) is 11.6 Å². The summed E-state index contributed by atoms with van der Waals surface area (Å²) in [7, 11) is 0. The van der Waals surface area contributed by atoms with Gasteiger partial charge in [0.25, 0.3) is 11.8 Å². The van der Waals surface area contributed by atoms with Crippen molar-refractivity contribution >= 4 is 57.1 Å². The van der Waals surface area contributed by atoms with Crippen LogP contribution in [-0.2, 0) is 16.2 Å². The van der Waals surface area contributed by atoms with Gasteiger partial charge in [0.05, 0.1) is 5.69 Å². The van der Waals surface area contributed by atoms with Gasteiger partial charge in [-0.15, -0.1) is 0 Å². The highest BCUT2D eigenvalue weighted by Crippen LogP contribution is 2.29. The molecule has 0 bridgehead atoms. The van der Waals surface area contributed by atoms with Crippen molar-refractivity contribution in [1.29, 1.82) is 0 Å². The highest BCUT2D eigenvalue weighted by atomic mass is 79.9. The summed E-state index contributed by atoms with van der Waals surface area (Å²) in [5, 5.41) is 2.72. The molecule has 1 N–H and O–H groups in total. The molecule has 3 aromatic rings. The van der Waals surface area contributed by atoms with Gasteiger partial charge in [-0.25, -0.2) is 14.1 Å². The van der Waals surface area contributed by atoms with Gasteiger partial charge >= 0.3 is 6.03 Å². The monoisotopic (exact) mass is 528 g/mol. The summed E-state index contributed by atoms with van der Waals surface area (Å²) in [5.41, 5.74) is 1.01. The Morgan fingerprint density at radius 1 is 1.03 bits per heavy atom. The fourth-order valence-electron chi connectivity index (χ4n) is 3.17. The van der Waals surface area contributed by atoms with E-state index < -0.39 is 23.7 Å². The molecule has 1 saturated heterocycles. The van der Waals surface area contributed by atoms with Crippen molar-refractivity contribution in [2.45, 2.75) is 6.61 Å². The van der Waals surface area contributed by atoms with E-state index in [1.807, 2.05) is 12.1 Å². The van der Waals surface area contributed by atoms with E-state index in [9.17, 15) is 18.8 Å². The van der Waals surface area contributed by atoms with Crippen LogP contribution in [-0.4, -0.2) is 17.8 Å². The molecule has 9 heteroatoms. The molecule has 0 saturated carbocycles. The number of nitrogens with one attached hydrogen (secondary N) is 1. The standard InChI is InChI=1S/C24H15BrClFN2O4/c25-16-6-9-21(33-13-14-4-7-17(26)8-5-14)15(10-16)11-20-22(30)28-24(32)29(23(20)31)19-3-1-2-18(27)12-19/h1-12H,13H2,(H,28,30,32)/b20-11+. The number of hydrogen-bond donors (Lipinski definition) is 1. The number of urea groups is 1. The van der Waals surface area contributed by atoms with E-state index in [1.54, 1.807) is 30.3 Å². The third kappa shape index (κ3) is 5.13. The molecular weight excluding hydrogens is 515 g/mol. The molecule has 0 aliphatic carbocycles. The average molecular weight is 530 g/mol. The Morgan fingerprint density at radius 2 is 1.79 bits per heavy atom. The fraction of sp³-hybridized carbons (Fsp3) is 0.0417. The molecule has 1 aliphatic rings. The van der Waals surface area contributed by atoms with Crippen LogP contribution < -0.4 is 15.0 Å². The summed E-state index contributed by atoms with van der Waals surface area (Å²) < 4.78 is 20.2. The first-order valence-electron chi connectivity index (χ1n) is 9.65. The number of nitrogens with zero attached hydrogens (tertiary/aromatic N) is 1. The minimum Gasteiger partial charge on any atom is -0.488 e. The van der Waals surface area contributed by atoms with Crippen molar-refractivity contribution < 1.29 is 23.5 Å². The third-order valence-electron chi connectivity index (χ3n) is 4.75. The van der Waals surface area contributed by atoms with E-state index in [1.165, 1.54) is 24.3 Å².